The topological polar surface area (TPSA) is 92.3 Å². The number of carbonyl (C=O) groups is 2. The van der Waals surface area contributed by atoms with Crippen LogP contribution in [0.15, 0.2) is 34.8 Å². The Morgan fingerprint density at radius 1 is 1.00 bits per heavy atom. The number of rotatable bonds is 9. The van der Waals surface area contributed by atoms with Crippen LogP contribution in [-0.2, 0) is 9.53 Å². The van der Waals surface area contributed by atoms with Crippen LogP contribution in [0.5, 0.6) is 23.0 Å². The average molecular weight is 468 g/mol. The third kappa shape index (κ3) is 5.77. The van der Waals surface area contributed by atoms with Crippen molar-refractivity contribution in [2.24, 2.45) is 0 Å². The summed E-state index contributed by atoms with van der Waals surface area (Å²) in [7, 11) is 4.46. The predicted octanol–water partition coefficient (Wildman–Crippen LogP) is 3.67. The van der Waals surface area contributed by atoms with Crippen LogP contribution in [0.4, 0.5) is 5.69 Å². The van der Waals surface area contributed by atoms with Crippen LogP contribution in [0.2, 0.25) is 0 Å². The summed E-state index contributed by atoms with van der Waals surface area (Å²) in [5, 5.41) is 2.63. The summed E-state index contributed by atoms with van der Waals surface area (Å²) in [6.07, 6.45) is 0. The molecule has 0 bridgehead atoms. The van der Waals surface area contributed by atoms with Crippen molar-refractivity contribution in [2.45, 2.75) is 6.92 Å². The molecular formula is C20H22BrNO7. The van der Waals surface area contributed by atoms with Gasteiger partial charge in [0.15, 0.2) is 18.1 Å². The third-order valence-corrected chi connectivity index (χ3v) is 4.36. The molecular weight excluding hydrogens is 446 g/mol. The maximum atomic E-state index is 12.4. The summed E-state index contributed by atoms with van der Waals surface area (Å²) in [4.78, 5) is 24.6. The van der Waals surface area contributed by atoms with E-state index in [0.717, 1.165) is 0 Å². The van der Waals surface area contributed by atoms with Gasteiger partial charge in [0.2, 0.25) is 0 Å². The van der Waals surface area contributed by atoms with E-state index in [4.69, 9.17) is 23.7 Å². The summed E-state index contributed by atoms with van der Waals surface area (Å²) < 4.78 is 26.7. The van der Waals surface area contributed by atoms with Crippen molar-refractivity contribution >= 4 is 33.5 Å². The highest BCUT2D eigenvalue weighted by molar-refractivity contribution is 9.10. The highest BCUT2D eigenvalue weighted by Crippen LogP contribution is 2.36. The number of benzene rings is 2. The van der Waals surface area contributed by atoms with Crippen LogP contribution in [0, 0.1) is 0 Å². The molecule has 1 N–H and O–H groups in total. The Bertz CT molecular complexity index is 885. The van der Waals surface area contributed by atoms with Gasteiger partial charge in [-0.15, -0.1) is 0 Å². The Morgan fingerprint density at radius 2 is 1.72 bits per heavy atom. The molecule has 2 aromatic rings. The van der Waals surface area contributed by atoms with E-state index in [-0.39, 0.29) is 5.56 Å². The molecule has 0 unspecified atom stereocenters. The lowest BCUT2D eigenvalue weighted by Crippen LogP contribution is -2.21. The van der Waals surface area contributed by atoms with Crippen LogP contribution < -0.4 is 24.3 Å². The van der Waals surface area contributed by atoms with Gasteiger partial charge in [-0.25, -0.2) is 4.79 Å². The normalized spacial score (nSPS) is 10.1. The zero-order valence-electron chi connectivity index (χ0n) is 16.5. The molecule has 2 rings (SSSR count). The van der Waals surface area contributed by atoms with E-state index >= 15 is 0 Å². The fraction of sp³-hybridized carbons (Fsp3) is 0.300. The molecule has 0 aliphatic carbocycles. The molecule has 0 spiro atoms. The standard InChI is InChI=1S/C20H22BrNO7/c1-5-28-19-14(21)8-12(9-17(19)27-4)20(24)29-11-18(23)22-15-10-13(25-2)6-7-16(15)26-3/h6-10H,5,11H2,1-4H3,(H,22,23). The van der Waals surface area contributed by atoms with E-state index in [0.29, 0.717) is 39.8 Å². The summed E-state index contributed by atoms with van der Waals surface area (Å²) in [5.74, 6) is 0.643. The first-order valence-corrected chi connectivity index (χ1v) is 9.42. The van der Waals surface area contributed by atoms with Crippen LogP contribution in [0.1, 0.15) is 17.3 Å². The Kier molecular flexibility index (Phi) is 8.14. The Balaban J connectivity index is 2.06. The van der Waals surface area contributed by atoms with Gasteiger partial charge in [-0.3, -0.25) is 4.79 Å². The summed E-state index contributed by atoms with van der Waals surface area (Å²) in [5.41, 5.74) is 0.613. The Labute approximate surface area is 177 Å². The second kappa shape index (κ2) is 10.6. The van der Waals surface area contributed by atoms with Crippen molar-refractivity contribution < 1.29 is 33.3 Å². The maximum absolute atomic E-state index is 12.4. The molecule has 0 aromatic heterocycles. The SMILES string of the molecule is CCOc1c(Br)cc(C(=O)OCC(=O)Nc2cc(OC)ccc2OC)cc1OC. The molecule has 0 saturated carbocycles. The smallest absolute Gasteiger partial charge is 0.338 e. The minimum absolute atomic E-state index is 0.212. The van der Waals surface area contributed by atoms with Gasteiger partial charge >= 0.3 is 5.97 Å². The summed E-state index contributed by atoms with van der Waals surface area (Å²) in [6.45, 7) is 1.79. The fourth-order valence-electron chi connectivity index (χ4n) is 2.43. The zero-order valence-corrected chi connectivity index (χ0v) is 18.1. The van der Waals surface area contributed by atoms with E-state index < -0.39 is 18.5 Å². The third-order valence-electron chi connectivity index (χ3n) is 3.77. The van der Waals surface area contributed by atoms with Crippen molar-refractivity contribution in [1.29, 1.82) is 0 Å². The van der Waals surface area contributed by atoms with E-state index in [2.05, 4.69) is 21.2 Å². The van der Waals surface area contributed by atoms with Gasteiger partial charge in [0.25, 0.3) is 5.91 Å². The van der Waals surface area contributed by atoms with Crippen LogP contribution in [0.3, 0.4) is 0 Å². The van der Waals surface area contributed by atoms with Gasteiger partial charge in [-0.2, -0.15) is 0 Å². The molecule has 1 amide bonds. The van der Waals surface area contributed by atoms with Crippen molar-refractivity contribution in [3.8, 4) is 23.0 Å². The molecule has 0 radical (unpaired) electrons. The van der Waals surface area contributed by atoms with Crippen molar-refractivity contribution in [3.05, 3.63) is 40.4 Å². The minimum atomic E-state index is -0.681. The maximum Gasteiger partial charge on any atom is 0.338 e. The molecule has 0 aliphatic heterocycles. The van der Waals surface area contributed by atoms with Crippen LogP contribution in [0.25, 0.3) is 0 Å². The molecule has 29 heavy (non-hydrogen) atoms. The number of hydrogen-bond acceptors (Lipinski definition) is 7. The molecule has 8 nitrogen and oxygen atoms in total. The molecule has 0 heterocycles. The summed E-state index contributed by atoms with van der Waals surface area (Å²) >= 11 is 3.34. The molecule has 0 saturated heterocycles. The number of methoxy groups -OCH3 is 3. The van der Waals surface area contributed by atoms with Gasteiger partial charge in [-0.05, 0) is 47.1 Å². The minimum Gasteiger partial charge on any atom is -0.497 e. The second-order valence-electron chi connectivity index (χ2n) is 5.61. The number of halogens is 1. The van der Waals surface area contributed by atoms with Gasteiger partial charge in [0.1, 0.15) is 11.5 Å². The number of ether oxygens (including phenoxy) is 5. The summed E-state index contributed by atoms with van der Waals surface area (Å²) in [6, 6.07) is 7.99. The van der Waals surface area contributed by atoms with E-state index in [1.165, 1.54) is 27.4 Å². The van der Waals surface area contributed by atoms with Crippen molar-refractivity contribution in [3.63, 3.8) is 0 Å². The van der Waals surface area contributed by atoms with Gasteiger partial charge in [0.05, 0.1) is 43.7 Å². The highest BCUT2D eigenvalue weighted by Gasteiger charge is 2.18. The lowest BCUT2D eigenvalue weighted by atomic mass is 10.2. The lowest BCUT2D eigenvalue weighted by Gasteiger charge is -2.14. The molecule has 0 fully saturated rings. The highest BCUT2D eigenvalue weighted by atomic mass is 79.9. The zero-order chi connectivity index (χ0) is 21.4. The van der Waals surface area contributed by atoms with Crippen LogP contribution >= 0.6 is 15.9 Å². The van der Waals surface area contributed by atoms with Gasteiger partial charge < -0.3 is 29.0 Å². The molecule has 2 aromatic carbocycles. The Hall–Kier alpha value is -2.94. The average Bonchev–Trinajstić information content (AvgIpc) is 2.73. The number of hydrogen-bond donors (Lipinski definition) is 1. The van der Waals surface area contributed by atoms with E-state index in [9.17, 15) is 9.59 Å². The number of anilines is 1. The van der Waals surface area contributed by atoms with Crippen molar-refractivity contribution in [1.82, 2.24) is 0 Å². The Morgan fingerprint density at radius 3 is 2.34 bits per heavy atom. The molecule has 0 atom stereocenters. The number of nitrogens with one attached hydrogen (secondary N) is 1. The van der Waals surface area contributed by atoms with Gasteiger partial charge in [0, 0.05) is 6.07 Å². The fourth-order valence-corrected chi connectivity index (χ4v) is 2.99. The first kappa shape index (κ1) is 22.4. The van der Waals surface area contributed by atoms with E-state index in [1.807, 2.05) is 6.92 Å². The molecule has 9 heteroatoms. The number of carbonyl (C=O) groups excluding carboxylic acids is 2. The lowest BCUT2D eigenvalue weighted by molar-refractivity contribution is -0.119. The van der Waals surface area contributed by atoms with Gasteiger partial charge in [-0.1, -0.05) is 0 Å². The number of amides is 1. The molecule has 156 valence electrons. The molecule has 0 aliphatic rings. The quantitative estimate of drug-likeness (QED) is 0.562. The van der Waals surface area contributed by atoms with E-state index in [1.54, 1.807) is 24.3 Å². The monoisotopic (exact) mass is 467 g/mol. The first-order chi connectivity index (χ1) is 13.9. The first-order valence-electron chi connectivity index (χ1n) is 8.62. The van der Waals surface area contributed by atoms with Crippen molar-refractivity contribution in [2.75, 3.05) is 39.9 Å². The second-order valence-corrected chi connectivity index (χ2v) is 6.47. The number of esters is 1. The van der Waals surface area contributed by atoms with Crippen LogP contribution in [-0.4, -0.2) is 46.4 Å². The largest absolute Gasteiger partial charge is 0.497 e. The predicted molar refractivity (Wildman–Crippen MR) is 110 cm³/mol.